The van der Waals surface area contributed by atoms with Crippen molar-refractivity contribution in [3.8, 4) is 0 Å². The van der Waals surface area contributed by atoms with Crippen LogP contribution in [-0.4, -0.2) is 38.3 Å². The number of hydrogen-bond acceptors (Lipinski definition) is 3. The van der Waals surface area contributed by atoms with E-state index >= 15 is 0 Å². The molecule has 1 heterocycles. The van der Waals surface area contributed by atoms with E-state index in [1.54, 1.807) is 7.11 Å². The van der Waals surface area contributed by atoms with E-state index in [1.165, 1.54) is 6.92 Å². The molecule has 0 saturated carbocycles. The van der Waals surface area contributed by atoms with Gasteiger partial charge >= 0.3 is 0 Å². The highest BCUT2D eigenvalue weighted by molar-refractivity contribution is 5.73. The zero-order valence-electron chi connectivity index (χ0n) is 6.89. The van der Waals surface area contributed by atoms with E-state index in [-0.39, 0.29) is 18.1 Å². The molecule has 1 aliphatic heterocycles. The molecule has 0 radical (unpaired) electrons. The van der Waals surface area contributed by atoms with Crippen LogP contribution in [-0.2, 0) is 9.53 Å². The van der Waals surface area contributed by atoms with Crippen molar-refractivity contribution in [3.05, 3.63) is 0 Å². The quantitative estimate of drug-likeness (QED) is 0.548. The van der Waals surface area contributed by atoms with Gasteiger partial charge in [-0.2, -0.15) is 0 Å². The van der Waals surface area contributed by atoms with Gasteiger partial charge in [-0.15, -0.1) is 0 Å². The molecule has 4 nitrogen and oxygen atoms in total. The Bertz CT molecular complexity index is 149. The number of rotatable bonds is 2. The average Bonchev–Trinajstić information content (AvgIpc) is 2.34. The molecule has 0 unspecified atom stereocenters. The van der Waals surface area contributed by atoms with Crippen molar-refractivity contribution in [3.63, 3.8) is 0 Å². The number of ether oxygens (including phenoxy) is 1. The lowest BCUT2D eigenvalue weighted by atomic mass is 10.2. The molecule has 0 bridgehead atoms. The second kappa shape index (κ2) is 3.69. The molecule has 1 rings (SSSR count). The second-order valence-electron chi connectivity index (χ2n) is 2.74. The molecule has 0 spiro atoms. The fourth-order valence-electron chi connectivity index (χ4n) is 1.31. The van der Waals surface area contributed by atoms with Crippen LogP contribution in [0.4, 0.5) is 0 Å². The predicted octanol–water partition coefficient (Wildman–Crippen LogP) is -0.891. The van der Waals surface area contributed by atoms with Crippen LogP contribution in [0.5, 0.6) is 0 Å². The van der Waals surface area contributed by atoms with E-state index < -0.39 is 0 Å². The van der Waals surface area contributed by atoms with Crippen molar-refractivity contribution in [2.75, 3.05) is 20.2 Å². The Morgan fingerprint density at radius 1 is 1.64 bits per heavy atom. The smallest absolute Gasteiger partial charge is 0.217 e. The van der Waals surface area contributed by atoms with Gasteiger partial charge in [-0.1, -0.05) is 0 Å². The molecule has 0 aromatic carbocycles. The van der Waals surface area contributed by atoms with Crippen molar-refractivity contribution < 1.29 is 9.53 Å². The molecule has 2 N–H and O–H groups in total. The van der Waals surface area contributed by atoms with E-state index in [1.807, 2.05) is 0 Å². The van der Waals surface area contributed by atoms with Gasteiger partial charge in [-0.25, -0.2) is 0 Å². The van der Waals surface area contributed by atoms with Crippen molar-refractivity contribution in [1.29, 1.82) is 0 Å². The molecule has 1 fully saturated rings. The predicted molar refractivity (Wildman–Crippen MR) is 41.3 cm³/mol. The fourth-order valence-corrected chi connectivity index (χ4v) is 1.31. The van der Waals surface area contributed by atoms with Gasteiger partial charge in [0.25, 0.3) is 0 Å². The summed E-state index contributed by atoms with van der Waals surface area (Å²) in [6.07, 6.45) is 0.124. The summed E-state index contributed by atoms with van der Waals surface area (Å²) < 4.78 is 5.15. The maximum Gasteiger partial charge on any atom is 0.217 e. The van der Waals surface area contributed by atoms with Crippen molar-refractivity contribution in [2.24, 2.45) is 0 Å². The Morgan fingerprint density at radius 3 is 2.91 bits per heavy atom. The summed E-state index contributed by atoms with van der Waals surface area (Å²) in [6, 6.07) is 0.137. The molecule has 0 aromatic heterocycles. The number of hydrogen-bond donors (Lipinski definition) is 2. The Balaban J connectivity index is 2.37. The van der Waals surface area contributed by atoms with Crippen molar-refractivity contribution >= 4 is 5.91 Å². The van der Waals surface area contributed by atoms with Gasteiger partial charge in [0, 0.05) is 27.1 Å². The van der Waals surface area contributed by atoms with Crippen molar-refractivity contribution in [2.45, 2.75) is 19.1 Å². The SMILES string of the molecule is CO[C@@H]1CNC[C@@H]1NC(C)=O. The molecule has 4 heteroatoms. The van der Waals surface area contributed by atoms with E-state index in [0.29, 0.717) is 0 Å². The molecule has 64 valence electrons. The summed E-state index contributed by atoms with van der Waals surface area (Å²) >= 11 is 0. The maximum absolute atomic E-state index is 10.7. The number of carbonyl (C=O) groups is 1. The minimum atomic E-state index is 0.000694. The maximum atomic E-state index is 10.7. The molecule has 1 saturated heterocycles. The summed E-state index contributed by atoms with van der Waals surface area (Å²) in [5.41, 5.74) is 0. The fraction of sp³-hybridized carbons (Fsp3) is 0.857. The average molecular weight is 158 g/mol. The Kier molecular flexibility index (Phi) is 2.84. The summed E-state index contributed by atoms with van der Waals surface area (Å²) in [7, 11) is 1.66. The molecule has 2 atom stereocenters. The molecule has 1 aliphatic rings. The number of carbonyl (C=O) groups excluding carboxylic acids is 1. The van der Waals surface area contributed by atoms with Crippen LogP contribution in [0.15, 0.2) is 0 Å². The summed E-state index contributed by atoms with van der Waals surface area (Å²) in [5, 5.41) is 5.96. The van der Waals surface area contributed by atoms with Gasteiger partial charge in [0.1, 0.15) is 0 Å². The first kappa shape index (κ1) is 8.49. The Hall–Kier alpha value is -0.610. The lowest BCUT2D eigenvalue weighted by Crippen LogP contribution is -2.42. The number of nitrogens with one attached hydrogen (secondary N) is 2. The monoisotopic (exact) mass is 158 g/mol. The summed E-state index contributed by atoms with van der Waals surface area (Å²) in [6.45, 7) is 3.14. The minimum absolute atomic E-state index is 0.000694. The van der Waals surface area contributed by atoms with Gasteiger partial charge in [0.2, 0.25) is 5.91 Å². The first-order valence-corrected chi connectivity index (χ1v) is 3.74. The molecule has 0 aromatic rings. The lowest BCUT2D eigenvalue weighted by Gasteiger charge is -2.16. The second-order valence-corrected chi connectivity index (χ2v) is 2.74. The highest BCUT2D eigenvalue weighted by atomic mass is 16.5. The summed E-state index contributed by atoms with van der Waals surface area (Å²) in [5.74, 6) is 0.000694. The highest BCUT2D eigenvalue weighted by Gasteiger charge is 2.26. The lowest BCUT2D eigenvalue weighted by molar-refractivity contribution is -0.120. The van der Waals surface area contributed by atoms with Crippen LogP contribution in [0, 0.1) is 0 Å². The zero-order chi connectivity index (χ0) is 8.27. The highest BCUT2D eigenvalue weighted by Crippen LogP contribution is 2.02. The molecule has 11 heavy (non-hydrogen) atoms. The first-order valence-electron chi connectivity index (χ1n) is 3.74. The topological polar surface area (TPSA) is 50.4 Å². The van der Waals surface area contributed by atoms with Gasteiger partial charge in [-0.05, 0) is 0 Å². The normalized spacial score (nSPS) is 30.4. The van der Waals surface area contributed by atoms with Gasteiger partial charge in [0.05, 0.1) is 12.1 Å². The molecular weight excluding hydrogens is 144 g/mol. The minimum Gasteiger partial charge on any atom is -0.378 e. The first-order chi connectivity index (χ1) is 5.24. The largest absolute Gasteiger partial charge is 0.378 e. The van der Waals surface area contributed by atoms with Crippen LogP contribution in [0.2, 0.25) is 0 Å². The number of methoxy groups -OCH3 is 1. The van der Waals surface area contributed by atoms with E-state index in [0.717, 1.165) is 13.1 Å². The van der Waals surface area contributed by atoms with Crippen molar-refractivity contribution in [1.82, 2.24) is 10.6 Å². The molecular formula is C7H14N2O2. The van der Waals surface area contributed by atoms with Gasteiger partial charge in [0.15, 0.2) is 0 Å². The van der Waals surface area contributed by atoms with Crippen LogP contribution in [0.25, 0.3) is 0 Å². The Labute approximate surface area is 66.3 Å². The molecule has 1 amide bonds. The standard InChI is InChI=1S/C7H14N2O2/c1-5(10)9-6-3-8-4-7(6)11-2/h6-8H,3-4H2,1-2H3,(H,9,10)/t6-,7+/m0/s1. The number of amides is 1. The van der Waals surface area contributed by atoms with E-state index in [2.05, 4.69) is 10.6 Å². The van der Waals surface area contributed by atoms with Crippen LogP contribution in [0.1, 0.15) is 6.92 Å². The van der Waals surface area contributed by atoms with Gasteiger partial charge in [-0.3, -0.25) is 4.79 Å². The van der Waals surface area contributed by atoms with Crippen LogP contribution in [0.3, 0.4) is 0 Å². The Morgan fingerprint density at radius 2 is 2.36 bits per heavy atom. The van der Waals surface area contributed by atoms with E-state index in [9.17, 15) is 4.79 Å². The third-order valence-electron chi connectivity index (χ3n) is 1.85. The zero-order valence-corrected chi connectivity index (χ0v) is 6.89. The summed E-state index contributed by atoms with van der Waals surface area (Å²) in [4.78, 5) is 10.7. The molecule has 0 aliphatic carbocycles. The third kappa shape index (κ3) is 2.17. The van der Waals surface area contributed by atoms with Crippen LogP contribution < -0.4 is 10.6 Å². The van der Waals surface area contributed by atoms with Crippen LogP contribution >= 0.6 is 0 Å². The van der Waals surface area contributed by atoms with E-state index in [4.69, 9.17) is 4.74 Å². The van der Waals surface area contributed by atoms with Gasteiger partial charge < -0.3 is 15.4 Å². The third-order valence-corrected chi connectivity index (χ3v) is 1.85.